The number of aromatic nitrogens is 2. The molecule has 1 aliphatic rings. The molecule has 1 atom stereocenters. The predicted molar refractivity (Wildman–Crippen MR) is 86.4 cm³/mol. The van der Waals surface area contributed by atoms with Crippen molar-refractivity contribution < 1.29 is 9.32 Å². The van der Waals surface area contributed by atoms with Crippen LogP contribution < -0.4 is 5.73 Å². The summed E-state index contributed by atoms with van der Waals surface area (Å²) < 4.78 is 5.35. The van der Waals surface area contributed by atoms with Crippen molar-refractivity contribution in [2.75, 3.05) is 6.54 Å². The molecule has 0 spiro atoms. The molecule has 1 aromatic carbocycles. The number of benzene rings is 1. The van der Waals surface area contributed by atoms with E-state index in [9.17, 15) is 4.79 Å². The van der Waals surface area contributed by atoms with E-state index in [2.05, 4.69) is 29.2 Å². The van der Waals surface area contributed by atoms with Gasteiger partial charge in [-0.25, -0.2) is 0 Å². The molecule has 23 heavy (non-hydrogen) atoms. The van der Waals surface area contributed by atoms with E-state index < -0.39 is 0 Å². The Kier molecular flexibility index (Phi) is 4.71. The van der Waals surface area contributed by atoms with E-state index in [4.69, 9.17) is 10.3 Å². The Hall–Kier alpha value is -2.21. The van der Waals surface area contributed by atoms with Crippen molar-refractivity contribution in [1.29, 1.82) is 0 Å². The minimum absolute atomic E-state index is 0.233. The van der Waals surface area contributed by atoms with E-state index in [0.29, 0.717) is 18.3 Å². The van der Waals surface area contributed by atoms with Crippen LogP contribution in [0.5, 0.6) is 0 Å². The van der Waals surface area contributed by atoms with Gasteiger partial charge >= 0.3 is 0 Å². The Bertz CT molecular complexity index is 665. The van der Waals surface area contributed by atoms with E-state index in [1.54, 1.807) is 0 Å². The summed E-state index contributed by atoms with van der Waals surface area (Å²) in [6.07, 6.45) is 3.89. The van der Waals surface area contributed by atoms with Gasteiger partial charge in [0.05, 0.1) is 12.6 Å². The van der Waals surface area contributed by atoms with Gasteiger partial charge in [-0.2, -0.15) is 4.98 Å². The van der Waals surface area contributed by atoms with Crippen LogP contribution in [-0.2, 0) is 17.8 Å². The third-order valence-corrected chi connectivity index (χ3v) is 4.37. The van der Waals surface area contributed by atoms with Crippen molar-refractivity contribution in [1.82, 2.24) is 15.0 Å². The number of rotatable bonds is 5. The van der Waals surface area contributed by atoms with Crippen molar-refractivity contribution in [2.24, 2.45) is 5.73 Å². The summed E-state index contributed by atoms with van der Waals surface area (Å²) in [4.78, 5) is 18.0. The number of piperidine rings is 1. The van der Waals surface area contributed by atoms with Gasteiger partial charge in [0.1, 0.15) is 0 Å². The molecule has 0 saturated carbocycles. The molecule has 1 fully saturated rings. The molecule has 1 aromatic heterocycles. The summed E-state index contributed by atoms with van der Waals surface area (Å²) >= 11 is 0. The minimum atomic E-state index is -0.278. The smallest absolute Gasteiger partial charge is 0.241 e. The second-order valence-corrected chi connectivity index (χ2v) is 5.95. The van der Waals surface area contributed by atoms with E-state index in [0.717, 1.165) is 37.8 Å². The molecule has 122 valence electrons. The summed E-state index contributed by atoms with van der Waals surface area (Å²) in [7, 11) is 0. The lowest BCUT2D eigenvalue weighted by molar-refractivity contribution is -0.124. The molecular weight excluding hydrogens is 292 g/mol. The molecule has 2 heterocycles. The number of hydrogen-bond donors (Lipinski definition) is 1. The molecule has 6 heteroatoms. The molecule has 0 unspecified atom stereocenters. The van der Waals surface area contributed by atoms with Crippen molar-refractivity contribution in [3.63, 3.8) is 0 Å². The van der Waals surface area contributed by atoms with Gasteiger partial charge in [-0.15, -0.1) is 0 Å². The maximum Gasteiger partial charge on any atom is 0.241 e. The van der Waals surface area contributed by atoms with Gasteiger partial charge in [0.15, 0.2) is 0 Å². The van der Waals surface area contributed by atoms with Crippen LogP contribution in [0, 0.1) is 0 Å². The number of aryl methyl sites for hydroxylation is 1. The molecule has 6 nitrogen and oxygen atoms in total. The number of carbonyl (C=O) groups excluding carboxylic acids is 1. The van der Waals surface area contributed by atoms with Crippen LogP contribution in [0.3, 0.4) is 0 Å². The van der Waals surface area contributed by atoms with E-state index in [1.807, 2.05) is 17.0 Å². The van der Waals surface area contributed by atoms with Gasteiger partial charge in [-0.05, 0) is 31.4 Å². The number of likely N-dealkylation sites (tertiary alicyclic amines) is 1. The van der Waals surface area contributed by atoms with Crippen molar-refractivity contribution >= 4 is 5.91 Å². The Labute approximate surface area is 135 Å². The fraction of sp³-hybridized carbons (Fsp3) is 0.471. The van der Waals surface area contributed by atoms with E-state index in [1.165, 1.54) is 5.56 Å². The summed E-state index contributed by atoms with van der Waals surface area (Å²) in [6, 6.07) is 7.90. The van der Waals surface area contributed by atoms with Crippen LogP contribution in [0.1, 0.15) is 37.6 Å². The molecule has 2 aromatic rings. The predicted octanol–water partition coefficient (Wildman–Crippen LogP) is 2.14. The zero-order valence-corrected chi connectivity index (χ0v) is 13.4. The molecule has 0 radical (unpaired) electrons. The normalized spacial score (nSPS) is 18.9. The third kappa shape index (κ3) is 3.59. The van der Waals surface area contributed by atoms with Crippen molar-refractivity contribution in [2.45, 2.75) is 45.2 Å². The monoisotopic (exact) mass is 314 g/mol. The highest BCUT2D eigenvalue weighted by molar-refractivity contribution is 5.79. The fourth-order valence-electron chi connectivity index (χ4n) is 3.00. The number of nitrogens with two attached hydrogens (primary N) is 1. The van der Waals surface area contributed by atoms with E-state index >= 15 is 0 Å². The lowest BCUT2D eigenvalue weighted by Gasteiger charge is -2.32. The second kappa shape index (κ2) is 6.91. The van der Waals surface area contributed by atoms with Gasteiger partial charge in [-0.1, -0.05) is 42.8 Å². The van der Waals surface area contributed by atoms with Crippen LogP contribution in [0.2, 0.25) is 0 Å². The maximum absolute atomic E-state index is 11.6. The molecule has 2 N–H and O–H groups in total. The number of amides is 1. The van der Waals surface area contributed by atoms with Crippen LogP contribution in [0.15, 0.2) is 28.8 Å². The highest BCUT2D eigenvalue weighted by atomic mass is 16.5. The summed E-state index contributed by atoms with van der Waals surface area (Å²) in [5, 5.41) is 4.05. The zero-order chi connectivity index (χ0) is 16.2. The molecule has 0 bridgehead atoms. The Morgan fingerprint density at radius 1 is 1.35 bits per heavy atom. The second-order valence-electron chi connectivity index (χ2n) is 5.95. The first-order valence-corrected chi connectivity index (χ1v) is 8.12. The third-order valence-electron chi connectivity index (χ3n) is 4.37. The van der Waals surface area contributed by atoms with Crippen molar-refractivity contribution in [3.8, 4) is 11.4 Å². The topological polar surface area (TPSA) is 85.3 Å². The standard InChI is InChI=1S/C17H22N4O2/c1-2-12-6-8-13(9-7-12)17-19-15(23-20-17)11-21-10-4-3-5-14(21)16(18)22/h6-9,14H,2-5,10-11H2,1H3,(H2,18,22)/t14-/m0/s1. The molecule has 1 saturated heterocycles. The van der Waals surface area contributed by atoms with Crippen molar-refractivity contribution in [3.05, 3.63) is 35.7 Å². The number of hydrogen-bond acceptors (Lipinski definition) is 5. The number of carbonyl (C=O) groups is 1. The van der Waals surface area contributed by atoms with Gasteiger partial charge < -0.3 is 10.3 Å². The Morgan fingerprint density at radius 3 is 2.83 bits per heavy atom. The lowest BCUT2D eigenvalue weighted by Crippen LogP contribution is -2.47. The number of nitrogens with zero attached hydrogens (tertiary/aromatic N) is 3. The fourth-order valence-corrected chi connectivity index (χ4v) is 3.00. The Morgan fingerprint density at radius 2 is 2.13 bits per heavy atom. The van der Waals surface area contributed by atoms with Crippen LogP contribution >= 0.6 is 0 Å². The zero-order valence-electron chi connectivity index (χ0n) is 13.4. The molecule has 1 aliphatic heterocycles. The highest BCUT2D eigenvalue weighted by Crippen LogP contribution is 2.21. The SMILES string of the molecule is CCc1ccc(-c2noc(CN3CCCC[C@H]3C(N)=O)n2)cc1. The average molecular weight is 314 g/mol. The largest absolute Gasteiger partial charge is 0.368 e. The van der Waals surface area contributed by atoms with E-state index in [-0.39, 0.29) is 11.9 Å². The Balaban J connectivity index is 1.72. The summed E-state index contributed by atoms with van der Waals surface area (Å²) in [5.74, 6) is 0.822. The van der Waals surface area contributed by atoms with Crippen LogP contribution in [0.25, 0.3) is 11.4 Å². The first-order valence-electron chi connectivity index (χ1n) is 8.12. The van der Waals surface area contributed by atoms with Crippen LogP contribution in [0.4, 0.5) is 0 Å². The number of primary amides is 1. The van der Waals surface area contributed by atoms with Gasteiger partial charge in [0.25, 0.3) is 0 Å². The molecule has 1 amide bonds. The summed E-state index contributed by atoms with van der Waals surface area (Å²) in [5.41, 5.74) is 7.69. The minimum Gasteiger partial charge on any atom is -0.368 e. The average Bonchev–Trinajstić information content (AvgIpc) is 3.04. The van der Waals surface area contributed by atoms with Gasteiger partial charge in [0.2, 0.25) is 17.6 Å². The molecular formula is C17H22N4O2. The summed E-state index contributed by atoms with van der Waals surface area (Å²) in [6.45, 7) is 3.42. The van der Waals surface area contributed by atoms with Gasteiger partial charge in [0, 0.05) is 5.56 Å². The first kappa shape index (κ1) is 15.7. The maximum atomic E-state index is 11.6. The molecule has 0 aliphatic carbocycles. The molecule has 3 rings (SSSR count). The first-order chi connectivity index (χ1) is 11.2. The quantitative estimate of drug-likeness (QED) is 0.914. The van der Waals surface area contributed by atoms with Gasteiger partial charge in [-0.3, -0.25) is 9.69 Å². The lowest BCUT2D eigenvalue weighted by atomic mass is 10.0. The van der Waals surface area contributed by atoms with Crippen LogP contribution in [-0.4, -0.2) is 33.5 Å². The highest BCUT2D eigenvalue weighted by Gasteiger charge is 2.28.